The molecule has 0 radical (unpaired) electrons. The number of ether oxygens (including phenoxy) is 1. The lowest BCUT2D eigenvalue weighted by atomic mass is 9.94. The highest BCUT2D eigenvalue weighted by molar-refractivity contribution is 5.77. The monoisotopic (exact) mass is 472 g/mol. The van der Waals surface area contributed by atoms with Gasteiger partial charge in [0.25, 0.3) is 0 Å². The molecule has 3 rings (SSSR count). The number of carbonyl (C=O) groups excluding carboxylic acids is 1. The molecular weight excluding hydrogens is 440 g/mol. The topological polar surface area (TPSA) is 94.6 Å². The number of rotatable bonds is 10. The second kappa shape index (κ2) is 12.4. The van der Waals surface area contributed by atoms with Crippen molar-refractivity contribution in [3.05, 3.63) is 101 Å². The van der Waals surface area contributed by atoms with E-state index in [-0.39, 0.29) is 19.4 Å². The first-order valence-electron chi connectivity index (χ1n) is 11.6. The Labute approximate surface area is 206 Å². The Morgan fingerprint density at radius 3 is 2.37 bits per heavy atom. The van der Waals surface area contributed by atoms with Crippen LogP contribution in [0, 0.1) is 6.92 Å². The van der Waals surface area contributed by atoms with Crippen LogP contribution in [0.2, 0.25) is 0 Å². The highest BCUT2D eigenvalue weighted by Crippen LogP contribution is 2.27. The molecule has 1 aromatic heterocycles. The highest BCUT2D eigenvalue weighted by Gasteiger charge is 2.11. The van der Waals surface area contributed by atoms with Crippen molar-refractivity contribution in [2.75, 3.05) is 6.61 Å². The molecule has 3 aromatic rings. The van der Waals surface area contributed by atoms with Gasteiger partial charge in [0, 0.05) is 31.8 Å². The van der Waals surface area contributed by atoms with Gasteiger partial charge in [-0.2, -0.15) is 0 Å². The van der Waals surface area contributed by atoms with Gasteiger partial charge in [-0.1, -0.05) is 60.7 Å². The number of aliphatic carboxylic acids is 1. The van der Waals surface area contributed by atoms with Gasteiger partial charge < -0.3 is 20.1 Å². The van der Waals surface area contributed by atoms with Crippen LogP contribution in [-0.4, -0.2) is 28.2 Å². The third-order valence-corrected chi connectivity index (χ3v) is 5.88. The number of amides is 1. The zero-order valence-electron chi connectivity index (χ0n) is 20.2. The predicted octanol–water partition coefficient (Wildman–Crippen LogP) is 4.99. The number of hydrogen-bond acceptors (Lipinski definition) is 3. The van der Waals surface area contributed by atoms with E-state index in [0.717, 1.165) is 27.9 Å². The summed E-state index contributed by atoms with van der Waals surface area (Å²) in [6.45, 7) is 2.29. The van der Waals surface area contributed by atoms with E-state index in [4.69, 9.17) is 15.6 Å². The SMILES string of the molecule is Cc1c(CC(N)=O)ccc(OCCCC(=O)O)ccn(C)c1Cc1ccccc1-c1ccccc1. The molecule has 0 unspecified atom stereocenters. The van der Waals surface area contributed by atoms with Crippen molar-refractivity contribution in [2.45, 2.75) is 32.6 Å². The number of hydrogen-bond donors (Lipinski definition) is 2. The molecule has 0 aliphatic rings. The molecule has 1 heterocycles. The van der Waals surface area contributed by atoms with Crippen molar-refractivity contribution < 1.29 is 19.4 Å². The molecule has 0 spiro atoms. The van der Waals surface area contributed by atoms with E-state index in [9.17, 15) is 9.59 Å². The molecule has 0 atom stereocenters. The van der Waals surface area contributed by atoms with Crippen molar-refractivity contribution in [1.82, 2.24) is 4.57 Å². The van der Waals surface area contributed by atoms with Crippen molar-refractivity contribution in [1.29, 1.82) is 0 Å². The number of carboxylic acid groups (broad SMARTS) is 1. The van der Waals surface area contributed by atoms with Crippen molar-refractivity contribution in [3.8, 4) is 16.9 Å². The Morgan fingerprint density at radius 1 is 0.943 bits per heavy atom. The molecule has 6 nitrogen and oxygen atoms in total. The summed E-state index contributed by atoms with van der Waals surface area (Å²) in [4.78, 5) is 22.6. The van der Waals surface area contributed by atoms with Gasteiger partial charge in [-0.05, 0) is 53.3 Å². The second-order valence-corrected chi connectivity index (χ2v) is 8.45. The van der Waals surface area contributed by atoms with Gasteiger partial charge >= 0.3 is 5.97 Å². The first-order valence-corrected chi connectivity index (χ1v) is 11.6. The third kappa shape index (κ3) is 7.47. The van der Waals surface area contributed by atoms with Gasteiger partial charge in [-0.15, -0.1) is 0 Å². The second-order valence-electron chi connectivity index (χ2n) is 8.45. The minimum Gasteiger partial charge on any atom is -0.494 e. The predicted molar refractivity (Wildman–Crippen MR) is 138 cm³/mol. The number of carbonyl (C=O) groups is 2. The molecule has 0 aliphatic heterocycles. The summed E-state index contributed by atoms with van der Waals surface area (Å²) in [6.07, 6.45) is 3.14. The maximum Gasteiger partial charge on any atom is 0.303 e. The Bertz CT molecular complexity index is 1230. The Hall–Kier alpha value is -4.06. The van der Waals surface area contributed by atoms with E-state index in [1.807, 2.05) is 67.2 Å². The minimum absolute atomic E-state index is 0.0469. The molecule has 0 saturated heterocycles. The third-order valence-electron chi connectivity index (χ3n) is 5.88. The Kier molecular flexibility index (Phi) is 9.07. The zero-order valence-corrected chi connectivity index (χ0v) is 20.2. The molecule has 0 bridgehead atoms. The van der Waals surface area contributed by atoms with Crippen molar-refractivity contribution in [3.63, 3.8) is 0 Å². The number of aryl methyl sites for hydroxylation is 1. The molecule has 3 N–H and O–H groups in total. The number of aromatic nitrogens is 1. The summed E-state index contributed by atoms with van der Waals surface area (Å²) in [6, 6.07) is 24.1. The van der Waals surface area contributed by atoms with Crippen LogP contribution in [0.15, 0.2) is 79.0 Å². The van der Waals surface area contributed by atoms with Crippen LogP contribution in [0.3, 0.4) is 0 Å². The number of carboxylic acids is 1. The van der Waals surface area contributed by atoms with Crippen LogP contribution >= 0.6 is 0 Å². The van der Waals surface area contributed by atoms with E-state index in [1.165, 1.54) is 5.56 Å². The molecule has 0 fully saturated rings. The fourth-order valence-electron chi connectivity index (χ4n) is 3.99. The van der Waals surface area contributed by atoms with E-state index in [2.05, 4.69) is 24.3 Å². The summed E-state index contributed by atoms with van der Waals surface area (Å²) < 4.78 is 7.83. The normalized spacial score (nSPS) is 10.5. The number of nitrogens with zero attached hydrogens (tertiary/aromatic N) is 1. The average Bonchev–Trinajstić information content (AvgIpc) is 2.89. The van der Waals surface area contributed by atoms with E-state index in [1.54, 1.807) is 6.07 Å². The summed E-state index contributed by atoms with van der Waals surface area (Å²) in [7, 11) is 1.97. The summed E-state index contributed by atoms with van der Waals surface area (Å²) in [5.74, 6) is -0.675. The molecule has 2 aromatic carbocycles. The lowest BCUT2D eigenvalue weighted by Crippen LogP contribution is -2.15. The standard InChI is InChI=1S/C29H32N2O4/c1-21-23(20-28(30)32)14-15-25(35-18-8-13-29(33)34)16-17-31(2)27(21)19-24-11-6-7-12-26(24)22-9-4-3-5-10-22/h3-7,9-12,14-17H,8,13,18-20H2,1-2H3,(H2,30,32)(H,33,34). The zero-order chi connectivity index (χ0) is 25.2. The average molecular weight is 473 g/mol. The van der Waals surface area contributed by atoms with Gasteiger partial charge in [0.2, 0.25) is 5.91 Å². The van der Waals surface area contributed by atoms with Crippen LogP contribution in [0.25, 0.3) is 11.1 Å². The molecule has 182 valence electrons. The molecule has 6 heteroatoms. The smallest absolute Gasteiger partial charge is 0.303 e. The van der Waals surface area contributed by atoms with Crippen LogP contribution in [-0.2, 0) is 29.5 Å². The van der Waals surface area contributed by atoms with Crippen LogP contribution in [0.5, 0.6) is 5.75 Å². The van der Waals surface area contributed by atoms with Crippen molar-refractivity contribution >= 4 is 11.9 Å². The van der Waals surface area contributed by atoms with Crippen LogP contribution in [0.4, 0.5) is 0 Å². The molecule has 35 heavy (non-hydrogen) atoms. The maximum absolute atomic E-state index is 11.9. The first-order chi connectivity index (χ1) is 16.8. The quantitative estimate of drug-likeness (QED) is 0.407. The molecular formula is C29H32N2O4. The number of benzene rings is 2. The Morgan fingerprint density at radius 2 is 1.66 bits per heavy atom. The lowest BCUT2D eigenvalue weighted by molar-refractivity contribution is -0.137. The van der Waals surface area contributed by atoms with Crippen LogP contribution < -0.4 is 10.5 Å². The largest absolute Gasteiger partial charge is 0.494 e. The highest BCUT2D eigenvalue weighted by atomic mass is 16.5. The maximum atomic E-state index is 11.9. The number of nitrogens with two attached hydrogens (primary N) is 1. The van der Waals surface area contributed by atoms with Gasteiger partial charge in [0.1, 0.15) is 5.75 Å². The summed E-state index contributed by atoms with van der Waals surface area (Å²) in [5.41, 5.74) is 11.9. The van der Waals surface area contributed by atoms with Gasteiger partial charge in [-0.25, -0.2) is 0 Å². The molecule has 0 saturated carbocycles. The van der Waals surface area contributed by atoms with Gasteiger partial charge in [0.15, 0.2) is 0 Å². The van der Waals surface area contributed by atoms with Gasteiger partial charge in [-0.3, -0.25) is 9.59 Å². The fourth-order valence-corrected chi connectivity index (χ4v) is 3.99. The van der Waals surface area contributed by atoms with E-state index in [0.29, 0.717) is 18.6 Å². The van der Waals surface area contributed by atoms with Crippen LogP contribution in [0.1, 0.15) is 35.2 Å². The fraction of sp³-hybridized carbons (Fsp3) is 0.241. The summed E-state index contributed by atoms with van der Waals surface area (Å²) >= 11 is 0. The molecule has 0 aliphatic carbocycles. The van der Waals surface area contributed by atoms with Crippen molar-refractivity contribution in [2.24, 2.45) is 12.8 Å². The first kappa shape index (κ1) is 25.6. The lowest BCUT2D eigenvalue weighted by Gasteiger charge is -2.15. The Balaban J connectivity index is 2.06. The van der Waals surface area contributed by atoms with Gasteiger partial charge in [0.05, 0.1) is 13.0 Å². The van der Waals surface area contributed by atoms with E-state index < -0.39 is 11.9 Å². The minimum atomic E-state index is -0.851. The summed E-state index contributed by atoms with van der Waals surface area (Å²) in [5, 5.41) is 8.85. The number of primary amides is 1. The molecule has 1 amide bonds. The van der Waals surface area contributed by atoms with E-state index >= 15 is 0 Å².